The molecule has 0 aliphatic carbocycles. The molecule has 9 heteroatoms. The molecule has 1 saturated heterocycles. The van der Waals surface area contributed by atoms with Crippen molar-refractivity contribution in [3.05, 3.63) is 29.3 Å². The SMILES string of the molecule is COC(=O)[C@H]1CCN(S(=O)(=O)c2ccccc2Cl)[C@H](C(=O)O)C1. The first-order chi connectivity index (χ1) is 10.8. The second kappa shape index (κ2) is 6.86. The molecule has 0 unspecified atom stereocenters. The van der Waals surface area contributed by atoms with Gasteiger partial charge in [-0.2, -0.15) is 4.31 Å². The van der Waals surface area contributed by atoms with Gasteiger partial charge in [0.2, 0.25) is 10.0 Å². The van der Waals surface area contributed by atoms with E-state index in [0.717, 1.165) is 4.31 Å². The van der Waals surface area contributed by atoms with E-state index in [1.165, 1.54) is 25.3 Å². The van der Waals surface area contributed by atoms with Crippen molar-refractivity contribution < 1.29 is 27.9 Å². The highest BCUT2D eigenvalue weighted by Crippen LogP contribution is 2.32. The van der Waals surface area contributed by atoms with Gasteiger partial charge in [-0.3, -0.25) is 9.59 Å². The van der Waals surface area contributed by atoms with Crippen LogP contribution in [0.4, 0.5) is 0 Å². The van der Waals surface area contributed by atoms with Crippen LogP contribution in [0.1, 0.15) is 12.8 Å². The molecule has 1 aromatic rings. The van der Waals surface area contributed by atoms with Gasteiger partial charge in [-0.15, -0.1) is 0 Å². The molecule has 1 aromatic carbocycles. The highest BCUT2D eigenvalue weighted by Gasteiger charge is 2.43. The molecular weight excluding hydrogens is 346 g/mol. The van der Waals surface area contributed by atoms with Gasteiger partial charge in [0, 0.05) is 6.54 Å². The van der Waals surface area contributed by atoms with E-state index in [1.54, 1.807) is 6.07 Å². The second-order valence-corrected chi connectivity index (χ2v) is 7.41. The fourth-order valence-electron chi connectivity index (χ4n) is 2.62. The van der Waals surface area contributed by atoms with Crippen LogP contribution < -0.4 is 0 Å². The minimum atomic E-state index is -4.07. The number of esters is 1. The van der Waals surface area contributed by atoms with Gasteiger partial charge in [-0.25, -0.2) is 8.42 Å². The first-order valence-electron chi connectivity index (χ1n) is 6.86. The minimum Gasteiger partial charge on any atom is -0.480 e. The molecule has 1 N–H and O–H groups in total. The number of hydrogen-bond donors (Lipinski definition) is 1. The number of benzene rings is 1. The number of carbonyl (C=O) groups excluding carboxylic acids is 1. The van der Waals surface area contributed by atoms with E-state index in [2.05, 4.69) is 4.74 Å². The Morgan fingerprint density at radius 2 is 2.00 bits per heavy atom. The zero-order valence-electron chi connectivity index (χ0n) is 12.3. The van der Waals surface area contributed by atoms with Crippen molar-refractivity contribution in [3.8, 4) is 0 Å². The van der Waals surface area contributed by atoms with Gasteiger partial charge in [0.15, 0.2) is 0 Å². The lowest BCUT2D eigenvalue weighted by Gasteiger charge is -2.35. The quantitative estimate of drug-likeness (QED) is 0.813. The maximum Gasteiger partial charge on any atom is 0.322 e. The number of carboxylic acid groups (broad SMARTS) is 1. The van der Waals surface area contributed by atoms with Gasteiger partial charge in [-0.05, 0) is 25.0 Å². The number of carbonyl (C=O) groups is 2. The second-order valence-electron chi connectivity index (χ2n) is 5.14. The Morgan fingerprint density at radius 1 is 1.35 bits per heavy atom. The molecule has 0 saturated carbocycles. The van der Waals surface area contributed by atoms with Crippen molar-refractivity contribution in [1.29, 1.82) is 0 Å². The number of ether oxygens (including phenoxy) is 1. The monoisotopic (exact) mass is 361 g/mol. The normalized spacial score (nSPS) is 22.5. The van der Waals surface area contributed by atoms with Crippen LogP contribution in [0.2, 0.25) is 5.02 Å². The molecule has 1 aliphatic rings. The summed E-state index contributed by atoms with van der Waals surface area (Å²) in [6.07, 6.45) is 0.0613. The van der Waals surface area contributed by atoms with E-state index in [0.29, 0.717) is 0 Å². The zero-order valence-corrected chi connectivity index (χ0v) is 13.9. The molecule has 0 radical (unpaired) electrons. The van der Waals surface area contributed by atoms with E-state index in [9.17, 15) is 23.1 Å². The van der Waals surface area contributed by atoms with Gasteiger partial charge in [0.1, 0.15) is 10.9 Å². The summed E-state index contributed by atoms with van der Waals surface area (Å²) in [4.78, 5) is 23.0. The third-order valence-electron chi connectivity index (χ3n) is 3.80. The van der Waals surface area contributed by atoms with Gasteiger partial charge in [-0.1, -0.05) is 23.7 Å². The van der Waals surface area contributed by atoms with Crippen molar-refractivity contribution >= 4 is 33.6 Å². The smallest absolute Gasteiger partial charge is 0.322 e. The number of halogens is 1. The number of aliphatic carboxylic acids is 1. The van der Waals surface area contributed by atoms with Crippen LogP contribution in [-0.4, -0.2) is 49.5 Å². The molecule has 2 rings (SSSR count). The largest absolute Gasteiger partial charge is 0.480 e. The molecule has 0 aromatic heterocycles. The topological polar surface area (TPSA) is 101 Å². The maximum absolute atomic E-state index is 12.7. The van der Waals surface area contributed by atoms with E-state index in [4.69, 9.17) is 11.6 Å². The highest BCUT2D eigenvalue weighted by atomic mass is 35.5. The number of methoxy groups -OCH3 is 1. The van der Waals surface area contributed by atoms with E-state index in [-0.39, 0.29) is 29.3 Å². The van der Waals surface area contributed by atoms with Gasteiger partial charge in [0.25, 0.3) is 0 Å². The van der Waals surface area contributed by atoms with Crippen LogP contribution in [-0.2, 0) is 24.3 Å². The fraction of sp³-hybridized carbons (Fsp3) is 0.429. The summed E-state index contributed by atoms with van der Waals surface area (Å²) in [5, 5.41) is 9.39. The Morgan fingerprint density at radius 3 is 2.57 bits per heavy atom. The van der Waals surface area contributed by atoms with Gasteiger partial charge in [0.05, 0.1) is 18.1 Å². The van der Waals surface area contributed by atoms with E-state index in [1.807, 2.05) is 0 Å². The zero-order chi connectivity index (χ0) is 17.2. The van der Waals surface area contributed by atoms with Crippen LogP contribution in [0, 0.1) is 5.92 Å². The molecule has 23 heavy (non-hydrogen) atoms. The summed E-state index contributed by atoms with van der Waals surface area (Å²) in [6, 6.07) is 4.50. The van der Waals surface area contributed by atoms with Crippen molar-refractivity contribution in [2.75, 3.05) is 13.7 Å². The maximum atomic E-state index is 12.7. The lowest BCUT2D eigenvalue weighted by atomic mass is 9.92. The first-order valence-corrected chi connectivity index (χ1v) is 8.68. The predicted molar refractivity (Wildman–Crippen MR) is 81.5 cm³/mol. The lowest BCUT2D eigenvalue weighted by Crippen LogP contribution is -2.51. The summed E-state index contributed by atoms with van der Waals surface area (Å²) in [7, 11) is -2.86. The van der Waals surface area contributed by atoms with Crippen LogP contribution in [0.5, 0.6) is 0 Å². The molecule has 1 heterocycles. The minimum absolute atomic E-state index is 0.0201. The molecule has 7 nitrogen and oxygen atoms in total. The van der Waals surface area contributed by atoms with Gasteiger partial charge >= 0.3 is 11.9 Å². The number of carboxylic acids is 1. The summed E-state index contributed by atoms with van der Waals surface area (Å²) in [6.45, 7) is -0.0930. The molecule has 1 fully saturated rings. The van der Waals surface area contributed by atoms with Crippen molar-refractivity contribution in [3.63, 3.8) is 0 Å². The average molecular weight is 362 g/mol. The van der Waals surface area contributed by atoms with Crippen LogP contribution in [0.25, 0.3) is 0 Å². The third kappa shape index (κ3) is 3.49. The van der Waals surface area contributed by atoms with Crippen LogP contribution >= 0.6 is 11.6 Å². The number of piperidine rings is 1. The Bertz CT molecular complexity index is 720. The molecule has 2 atom stereocenters. The first kappa shape index (κ1) is 17.7. The molecule has 0 spiro atoms. The summed E-state index contributed by atoms with van der Waals surface area (Å²) >= 11 is 5.93. The molecule has 1 aliphatic heterocycles. The van der Waals surface area contributed by atoms with Crippen LogP contribution in [0.3, 0.4) is 0 Å². The van der Waals surface area contributed by atoms with Crippen molar-refractivity contribution in [1.82, 2.24) is 4.31 Å². The highest BCUT2D eigenvalue weighted by molar-refractivity contribution is 7.89. The molecule has 0 amide bonds. The molecule has 0 bridgehead atoms. The molecular formula is C14H16ClNO6S. The van der Waals surface area contributed by atoms with Crippen molar-refractivity contribution in [2.24, 2.45) is 5.92 Å². The number of nitrogens with zero attached hydrogens (tertiary/aromatic N) is 1. The Hall–Kier alpha value is -1.64. The van der Waals surface area contributed by atoms with Crippen LogP contribution in [0.15, 0.2) is 29.2 Å². The number of hydrogen-bond acceptors (Lipinski definition) is 5. The third-order valence-corrected chi connectivity index (χ3v) is 6.20. The summed E-state index contributed by atoms with van der Waals surface area (Å²) in [5.74, 6) is -2.49. The lowest BCUT2D eigenvalue weighted by molar-refractivity contribution is -0.150. The van der Waals surface area contributed by atoms with Gasteiger partial charge < -0.3 is 9.84 Å². The average Bonchev–Trinajstić information content (AvgIpc) is 2.53. The fourth-order valence-corrected chi connectivity index (χ4v) is 4.72. The number of rotatable bonds is 4. The standard InChI is InChI=1S/C14H16ClNO6S/c1-22-14(19)9-6-7-16(11(8-9)13(17)18)23(20,21)12-5-3-2-4-10(12)15/h2-5,9,11H,6-8H2,1H3,(H,17,18)/t9-,11-/m0/s1. The summed E-state index contributed by atoms with van der Waals surface area (Å²) < 4.78 is 31.0. The predicted octanol–water partition coefficient (Wildman–Crippen LogP) is 1.37. The Labute approximate surface area is 138 Å². The number of sulfonamides is 1. The summed E-state index contributed by atoms with van der Waals surface area (Å²) in [5.41, 5.74) is 0. The van der Waals surface area contributed by atoms with Crippen molar-refractivity contribution in [2.45, 2.75) is 23.8 Å². The van der Waals surface area contributed by atoms with E-state index >= 15 is 0 Å². The molecule has 126 valence electrons. The van der Waals surface area contributed by atoms with E-state index < -0.39 is 33.9 Å². The Kier molecular flexibility index (Phi) is 5.28. The Balaban J connectivity index is 2.36.